The zero-order valence-electron chi connectivity index (χ0n) is 14.4. The Hall–Kier alpha value is -2.33. The zero-order chi connectivity index (χ0) is 19.4. The summed E-state index contributed by atoms with van der Waals surface area (Å²) in [5, 5.41) is 20.9. The molecule has 1 aliphatic rings. The van der Waals surface area contributed by atoms with Gasteiger partial charge in [-0.25, -0.2) is 13.1 Å². The molecule has 2 aromatic rings. The lowest BCUT2D eigenvalue weighted by Crippen LogP contribution is -2.39. The minimum absolute atomic E-state index is 0.0889. The summed E-state index contributed by atoms with van der Waals surface area (Å²) >= 11 is 0. The number of benzene rings is 2. The molecule has 0 bridgehead atoms. The van der Waals surface area contributed by atoms with Crippen molar-refractivity contribution in [2.24, 2.45) is 0 Å². The zero-order valence-corrected chi connectivity index (χ0v) is 15.2. The van der Waals surface area contributed by atoms with Crippen LogP contribution in [-0.4, -0.2) is 36.7 Å². The first-order valence-corrected chi connectivity index (χ1v) is 9.94. The molecule has 0 spiro atoms. The summed E-state index contributed by atoms with van der Waals surface area (Å²) in [6, 6.07) is 13.5. The molecule has 0 aliphatic heterocycles. The normalized spacial score (nSPS) is 22.6. The highest BCUT2D eigenvalue weighted by molar-refractivity contribution is 7.89. The van der Waals surface area contributed by atoms with E-state index in [2.05, 4.69) is 4.72 Å². The molecule has 27 heavy (non-hydrogen) atoms. The average molecular weight is 392 g/mol. The molecule has 2 N–H and O–H groups in total. The summed E-state index contributed by atoms with van der Waals surface area (Å²) in [6.07, 6.45) is -0.441. The molecule has 0 saturated heterocycles. The van der Waals surface area contributed by atoms with Crippen LogP contribution in [-0.2, 0) is 21.4 Å². The maximum Gasteiger partial charge on any atom is 0.269 e. The van der Waals surface area contributed by atoms with Gasteiger partial charge in [0.2, 0.25) is 10.0 Å². The van der Waals surface area contributed by atoms with Crippen molar-refractivity contribution in [2.45, 2.75) is 42.6 Å². The molecular weight excluding hydrogens is 372 g/mol. The lowest BCUT2D eigenvalue weighted by molar-refractivity contribution is -0.384. The number of nitrogens with zero attached hydrogens (tertiary/aromatic N) is 1. The van der Waals surface area contributed by atoms with E-state index in [9.17, 15) is 23.6 Å². The SMILES string of the molecule is O=[N+]([O-])c1ccc(S(=O)(=O)NC2CC(OCc3ccccc3)CC2O)cc1. The van der Waals surface area contributed by atoms with Gasteiger partial charge < -0.3 is 9.84 Å². The Morgan fingerprint density at radius 2 is 1.78 bits per heavy atom. The fourth-order valence-corrected chi connectivity index (χ4v) is 4.32. The quantitative estimate of drug-likeness (QED) is 0.549. The van der Waals surface area contributed by atoms with E-state index in [4.69, 9.17) is 4.74 Å². The van der Waals surface area contributed by atoms with Crippen LogP contribution in [0, 0.1) is 10.1 Å². The third-order valence-electron chi connectivity index (χ3n) is 4.48. The molecule has 144 valence electrons. The predicted octanol–water partition coefficient (Wildman–Crippen LogP) is 1.98. The van der Waals surface area contributed by atoms with Crippen molar-refractivity contribution in [3.63, 3.8) is 0 Å². The molecule has 3 rings (SSSR count). The number of rotatable bonds is 7. The van der Waals surface area contributed by atoms with E-state index >= 15 is 0 Å². The molecule has 2 aromatic carbocycles. The molecule has 9 heteroatoms. The van der Waals surface area contributed by atoms with Gasteiger partial charge in [-0.3, -0.25) is 10.1 Å². The van der Waals surface area contributed by atoms with Crippen LogP contribution in [0.2, 0.25) is 0 Å². The number of nitrogens with one attached hydrogen (secondary N) is 1. The Morgan fingerprint density at radius 1 is 1.11 bits per heavy atom. The van der Waals surface area contributed by atoms with Crippen LogP contribution < -0.4 is 4.72 Å². The van der Waals surface area contributed by atoms with Crippen LogP contribution in [0.5, 0.6) is 0 Å². The van der Waals surface area contributed by atoms with Gasteiger partial charge in [0.05, 0.1) is 34.7 Å². The molecule has 0 radical (unpaired) electrons. The first kappa shape index (κ1) is 19.4. The number of nitro benzene ring substituents is 1. The fraction of sp³-hybridized carbons (Fsp3) is 0.333. The van der Waals surface area contributed by atoms with Crippen LogP contribution in [0.4, 0.5) is 5.69 Å². The highest BCUT2D eigenvalue weighted by atomic mass is 32.2. The van der Waals surface area contributed by atoms with Gasteiger partial charge in [-0.1, -0.05) is 30.3 Å². The Bertz CT molecular complexity index is 886. The maximum absolute atomic E-state index is 12.5. The molecule has 0 amide bonds. The second-order valence-electron chi connectivity index (χ2n) is 6.44. The molecule has 3 unspecified atom stereocenters. The highest BCUT2D eigenvalue weighted by Gasteiger charge is 2.36. The van der Waals surface area contributed by atoms with Gasteiger partial charge >= 0.3 is 0 Å². The maximum atomic E-state index is 12.5. The Morgan fingerprint density at radius 3 is 2.41 bits per heavy atom. The fourth-order valence-electron chi connectivity index (χ4n) is 3.04. The largest absolute Gasteiger partial charge is 0.391 e. The van der Waals surface area contributed by atoms with Crippen molar-refractivity contribution in [3.8, 4) is 0 Å². The van der Waals surface area contributed by atoms with Gasteiger partial charge in [-0.2, -0.15) is 0 Å². The molecule has 1 aliphatic carbocycles. The van der Waals surface area contributed by atoms with E-state index in [1.54, 1.807) is 0 Å². The van der Waals surface area contributed by atoms with Crippen LogP contribution in [0.25, 0.3) is 0 Å². The van der Waals surface area contributed by atoms with Crippen molar-refractivity contribution in [2.75, 3.05) is 0 Å². The van der Waals surface area contributed by atoms with Crippen molar-refractivity contribution in [3.05, 3.63) is 70.3 Å². The lowest BCUT2D eigenvalue weighted by atomic mass is 10.2. The van der Waals surface area contributed by atoms with E-state index in [0.29, 0.717) is 19.4 Å². The number of aliphatic hydroxyl groups is 1. The Labute approximate surface area is 157 Å². The van der Waals surface area contributed by atoms with E-state index < -0.39 is 27.1 Å². The van der Waals surface area contributed by atoms with Crippen LogP contribution in [0.1, 0.15) is 18.4 Å². The van der Waals surface area contributed by atoms with Crippen molar-refractivity contribution < 1.29 is 23.2 Å². The second-order valence-corrected chi connectivity index (χ2v) is 8.15. The molecule has 1 fully saturated rings. The van der Waals surface area contributed by atoms with Crippen LogP contribution in [0.15, 0.2) is 59.5 Å². The molecule has 8 nitrogen and oxygen atoms in total. The molecule has 3 atom stereocenters. The predicted molar refractivity (Wildman–Crippen MR) is 97.5 cm³/mol. The molecular formula is C18H20N2O6S. The molecule has 0 heterocycles. The standard InChI is InChI=1S/C18H20N2O6S/c21-18-11-15(26-12-13-4-2-1-3-5-13)10-17(18)19-27(24,25)16-8-6-14(7-9-16)20(22)23/h1-9,15,17-19,21H,10-12H2. The average Bonchev–Trinajstić information content (AvgIpc) is 3.00. The Balaban J connectivity index is 1.60. The first-order valence-electron chi connectivity index (χ1n) is 8.45. The summed E-state index contributed by atoms with van der Waals surface area (Å²) in [5.74, 6) is 0. The topological polar surface area (TPSA) is 119 Å². The summed E-state index contributed by atoms with van der Waals surface area (Å²) in [6.45, 7) is 0.389. The van der Waals surface area contributed by atoms with Crippen LogP contribution >= 0.6 is 0 Å². The van der Waals surface area contributed by atoms with Gasteiger partial charge in [-0.05, 0) is 24.1 Å². The van der Waals surface area contributed by atoms with Gasteiger partial charge in [0.15, 0.2) is 0 Å². The number of hydrogen-bond acceptors (Lipinski definition) is 6. The van der Waals surface area contributed by atoms with Crippen molar-refractivity contribution in [1.29, 1.82) is 0 Å². The first-order chi connectivity index (χ1) is 12.8. The van der Waals surface area contributed by atoms with Gasteiger partial charge in [0.1, 0.15) is 0 Å². The van der Waals surface area contributed by atoms with E-state index in [0.717, 1.165) is 17.7 Å². The van der Waals surface area contributed by atoms with Crippen molar-refractivity contribution in [1.82, 2.24) is 4.72 Å². The smallest absolute Gasteiger partial charge is 0.269 e. The summed E-state index contributed by atoms with van der Waals surface area (Å²) in [4.78, 5) is 9.99. The minimum atomic E-state index is -3.90. The monoisotopic (exact) mass is 392 g/mol. The summed E-state index contributed by atoms with van der Waals surface area (Å²) < 4.78 is 33.2. The van der Waals surface area contributed by atoms with E-state index in [-0.39, 0.29) is 16.7 Å². The van der Waals surface area contributed by atoms with E-state index in [1.807, 2.05) is 30.3 Å². The number of nitro groups is 1. The minimum Gasteiger partial charge on any atom is -0.391 e. The molecule has 1 saturated carbocycles. The molecule has 0 aromatic heterocycles. The van der Waals surface area contributed by atoms with Gasteiger partial charge in [0, 0.05) is 18.6 Å². The van der Waals surface area contributed by atoms with E-state index in [1.165, 1.54) is 12.1 Å². The van der Waals surface area contributed by atoms with Crippen LogP contribution in [0.3, 0.4) is 0 Å². The number of hydrogen-bond donors (Lipinski definition) is 2. The number of aliphatic hydroxyl groups excluding tert-OH is 1. The van der Waals surface area contributed by atoms with Gasteiger partial charge in [-0.15, -0.1) is 0 Å². The summed E-state index contributed by atoms with van der Waals surface area (Å²) in [5.41, 5.74) is 0.811. The summed E-state index contributed by atoms with van der Waals surface area (Å²) in [7, 11) is -3.90. The third kappa shape index (κ3) is 4.89. The van der Waals surface area contributed by atoms with Gasteiger partial charge in [0.25, 0.3) is 5.69 Å². The number of ether oxygens (including phenoxy) is 1. The number of non-ortho nitro benzene ring substituents is 1. The third-order valence-corrected chi connectivity index (χ3v) is 5.98. The lowest BCUT2D eigenvalue weighted by Gasteiger charge is -2.16. The Kier molecular flexibility index (Phi) is 5.85. The number of sulfonamides is 1. The van der Waals surface area contributed by atoms with Crippen molar-refractivity contribution >= 4 is 15.7 Å². The second kappa shape index (κ2) is 8.13. The highest BCUT2D eigenvalue weighted by Crippen LogP contribution is 2.26.